The lowest BCUT2D eigenvalue weighted by atomic mass is 9.89. The number of hydrogen-bond acceptors (Lipinski definition) is 6. The number of aromatic nitrogens is 4. The van der Waals surface area contributed by atoms with Crippen LogP contribution in [0, 0.1) is 0 Å². The van der Waals surface area contributed by atoms with Crippen molar-refractivity contribution < 1.29 is 9.53 Å². The molecule has 0 saturated heterocycles. The highest BCUT2D eigenvalue weighted by Gasteiger charge is 2.34. The quantitative estimate of drug-likeness (QED) is 0.644. The first kappa shape index (κ1) is 15.1. The fourth-order valence-corrected chi connectivity index (χ4v) is 3.44. The van der Waals surface area contributed by atoms with Crippen LogP contribution in [0.15, 0.2) is 36.8 Å². The molecule has 1 saturated carbocycles. The minimum absolute atomic E-state index is 0.0485. The second-order valence-corrected chi connectivity index (χ2v) is 6.78. The fourth-order valence-electron chi connectivity index (χ4n) is 3.44. The summed E-state index contributed by atoms with van der Waals surface area (Å²) in [6.07, 6.45) is 6.67. The van der Waals surface area contributed by atoms with Gasteiger partial charge in [0.05, 0.1) is 12.2 Å². The Bertz CT molecular complexity index is 994. The largest absolute Gasteiger partial charge is 0.474 e. The highest BCUT2D eigenvalue weighted by atomic mass is 16.5. The smallest absolute Gasteiger partial charge is 0.256 e. The van der Waals surface area contributed by atoms with Gasteiger partial charge in [-0.1, -0.05) is 6.07 Å². The lowest BCUT2D eigenvalue weighted by Gasteiger charge is -2.36. The van der Waals surface area contributed by atoms with Gasteiger partial charge in [0.15, 0.2) is 5.65 Å². The molecule has 26 heavy (non-hydrogen) atoms. The van der Waals surface area contributed by atoms with Gasteiger partial charge >= 0.3 is 0 Å². The Morgan fingerprint density at radius 2 is 2.15 bits per heavy atom. The maximum Gasteiger partial charge on any atom is 0.256 e. The molecule has 4 bridgehead atoms. The third-order valence-electron chi connectivity index (χ3n) is 4.95. The third kappa shape index (κ3) is 2.45. The second-order valence-electron chi connectivity index (χ2n) is 6.78. The average molecular weight is 350 g/mol. The fraction of sp³-hybridized carbons (Fsp3) is 0.333. The van der Waals surface area contributed by atoms with Gasteiger partial charge in [-0.25, -0.2) is 14.5 Å². The van der Waals surface area contributed by atoms with Crippen LogP contribution < -0.4 is 15.4 Å². The van der Waals surface area contributed by atoms with E-state index in [0.29, 0.717) is 22.9 Å². The lowest BCUT2D eigenvalue weighted by molar-refractivity contribution is 0.0673. The number of pyridine rings is 1. The molecule has 6 rings (SSSR count). The van der Waals surface area contributed by atoms with Gasteiger partial charge in [-0.05, 0) is 19.1 Å². The molecule has 8 heteroatoms. The van der Waals surface area contributed by atoms with Gasteiger partial charge in [-0.15, -0.1) is 0 Å². The highest BCUT2D eigenvalue weighted by molar-refractivity contribution is 6.00. The molecule has 1 atom stereocenters. The van der Waals surface area contributed by atoms with E-state index in [1.54, 1.807) is 23.1 Å². The molecule has 0 aromatic carbocycles. The molecule has 1 amide bonds. The topological polar surface area (TPSA) is 93.4 Å². The van der Waals surface area contributed by atoms with Crippen LogP contribution in [0.4, 0.5) is 5.82 Å². The number of nitrogens with zero attached hydrogens (tertiary/aromatic N) is 4. The monoisotopic (exact) mass is 350 g/mol. The van der Waals surface area contributed by atoms with Crippen LogP contribution in [-0.2, 0) is 0 Å². The minimum Gasteiger partial charge on any atom is -0.474 e. The summed E-state index contributed by atoms with van der Waals surface area (Å²) in [5, 5.41) is 10.6. The Labute approximate surface area is 149 Å². The van der Waals surface area contributed by atoms with E-state index in [0.717, 1.165) is 18.4 Å². The summed E-state index contributed by atoms with van der Waals surface area (Å²) >= 11 is 0. The number of ether oxygens (including phenoxy) is 1. The molecule has 3 aromatic rings. The maximum atomic E-state index is 12.6. The molecule has 5 heterocycles. The second kappa shape index (κ2) is 5.69. The standard InChI is InChI=1S/C18H18N6O2/c1-10-13-3-2-5-19-18(13)26-12-7-11(8-12)22-17(25)14-9-20-24-6-4-15(21-10)23-16(14)24/h2-6,9-12H,7-8H2,1H3,(H,21,23)(H,22,25)/t10-,11?,12?/m1/s1. The zero-order valence-corrected chi connectivity index (χ0v) is 14.2. The van der Waals surface area contributed by atoms with Crippen LogP contribution in [0.5, 0.6) is 5.88 Å². The Kier molecular flexibility index (Phi) is 3.31. The number of carbonyl (C=O) groups excluding carboxylic acids is 1. The van der Waals surface area contributed by atoms with Crippen molar-refractivity contribution in [1.29, 1.82) is 0 Å². The molecule has 3 aromatic heterocycles. The number of carbonyl (C=O) groups is 1. The lowest BCUT2D eigenvalue weighted by Crippen LogP contribution is -2.49. The van der Waals surface area contributed by atoms with E-state index in [4.69, 9.17) is 4.74 Å². The predicted molar refractivity (Wildman–Crippen MR) is 94.2 cm³/mol. The molecular formula is C18H18N6O2. The van der Waals surface area contributed by atoms with Crippen LogP contribution in [0.25, 0.3) is 5.65 Å². The molecule has 3 aliphatic rings. The normalized spacial score (nSPS) is 24.7. The van der Waals surface area contributed by atoms with E-state index >= 15 is 0 Å². The molecule has 132 valence electrons. The van der Waals surface area contributed by atoms with E-state index in [2.05, 4.69) is 25.7 Å². The summed E-state index contributed by atoms with van der Waals surface area (Å²) in [7, 11) is 0. The maximum absolute atomic E-state index is 12.6. The van der Waals surface area contributed by atoms with Crippen LogP contribution in [0.3, 0.4) is 0 Å². The Morgan fingerprint density at radius 1 is 1.27 bits per heavy atom. The SMILES string of the molecule is C[C@H]1Nc2ccn3ncc(c3n2)C(=O)NC2CC(C2)Oc2ncccc21. The summed E-state index contributed by atoms with van der Waals surface area (Å²) in [5.41, 5.74) is 1.99. The summed E-state index contributed by atoms with van der Waals surface area (Å²) in [6, 6.07) is 5.79. The first-order chi connectivity index (χ1) is 12.7. The number of amides is 1. The predicted octanol–water partition coefficient (Wildman–Crippen LogP) is 1.95. The molecule has 0 radical (unpaired) electrons. The Morgan fingerprint density at radius 3 is 3.04 bits per heavy atom. The molecule has 8 nitrogen and oxygen atoms in total. The van der Waals surface area contributed by atoms with Gasteiger partial charge in [0.2, 0.25) is 5.88 Å². The van der Waals surface area contributed by atoms with Crippen LogP contribution in [0.1, 0.15) is 41.7 Å². The van der Waals surface area contributed by atoms with E-state index in [9.17, 15) is 4.79 Å². The number of fused-ring (bicyclic) bond motifs is 2. The summed E-state index contributed by atoms with van der Waals surface area (Å²) < 4.78 is 7.68. The zero-order valence-electron chi connectivity index (χ0n) is 14.2. The van der Waals surface area contributed by atoms with Crippen molar-refractivity contribution in [2.75, 3.05) is 5.32 Å². The van der Waals surface area contributed by atoms with Gasteiger partial charge in [0.25, 0.3) is 5.91 Å². The van der Waals surface area contributed by atoms with Crippen LogP contribution >= 0.6 is 0 Å². The molecule has 0 unspecified atom stereocenters. The van der Waals surface area contributed by atoms with Gasteiger partial charge < -0.3 is 15.4 Å². The van der Waals surface area contributed by atoms with Crippen LogP contribution in [-0.4, -0.2) is 37.6 Å². The van der Waals surface area contributed by atoms with E-state index < -0.39 is 0 Å². The molecule has 2 aliphatic heterocycles. The number of hydrogen-bond donors (Lipinski definition) is 2. The van der Waals surface area contributed by atoms with E-state index in [-0.39, 0.29) is 24.1 Å². The number of nitrogens with one attached hydrogen (secondary N) is 2. The third-order valence-corrected chi connectivity index (χ3v) is 4.95. The molecular weight excluding hydrogens is 332 g/mol. The van der Waals surface area contributed by atoms with Crippen molar-refractivity contribution >= 4 is 17.4 Å². The van der Waals surface area contributed by atoms with Crippen molar-refractivity contribution in [3.63, 3.8) is 0 Å². The molecule has 1 fully saturated rings. The minimum atomic E-state index is -0.156. The first-order valence-corrected chi connectivity index (χ1v) is 8.71. The van der Waals surface area contributed by atoms with Gasteiger partial charge in [-0.3, -0.25) is 4.79 Å². The molecule has 1 aliphatic carbocycles. The summed E-state index contributed by atoms with van der Waals surface area (Å²) in [5.74, 6) is 1.14. The van der Waals surface area contributed by atoms with Gasteiger partial charge in [0.1, 0.15) is 17.5 Å². The van der Waals surface area contributed by atoms with E-state index in [1.165, 1.54) is 0 Å². The van der Waals surface area contributed by atoms with Crippen molar-refractivity contribution in [3.8, 4) is 5.88 Å². The molecule has 0 spiro atoms. The van der Waals surface area contributed by atoms with Crippen molar-refractivity contribution in [2.24, 2.45) is 0 Å². The number of anilines is 1. The summed E-state index contributed by atoms with van der Waals surface area (Å²) in [4.78, 5) is 21.6. The van der Waals surface area contributed by atoms with Gasteiger partial charge in [-0.2, -0.15) is 5.10 Å². The number of rotatable bonds is 0. The van der Waals surface area contributed by atoms with Crippen molar-refractivity contribution in [1.82, 2.24) is 24.9 Å². The molecule has 2 N–H and O–H groups in total. The van der Waals surface area contributed by atoms with Gasteiger partial charge in [0, 0.05) is 36.8 Å². The van der Waals surface area contributed by atoms with Crippen LogP contribution in [0.2, 0.25) is 0 Å². The Hall–Kier alpha value is -3.16. The van der Waals surface area contributed by atoms with Crippen molar-refractivity contribution in [3.05, 3.63) is 47.9 Å². The average Bonchev–Trinajstić information content (AvgIpc) is 3.03. The summed E-state index contributed by atoms with van der Waals surface area (Å²) in [6.45, 7) is 2.04. The Balaban J connectivity index is 1.60. The van der Waals surface area contributed by atoms with Crippen molar-refractivity contribution in [2.45, 2.75) is 38.0 Å². The zero-order chi connectivity index (χ0) is 17.7. The van der Waals surface area contributed by atoms with E-state index in [1.807, 2.05) is 25.1 Å². The highest BCUT2D eigenvalue weighted by Crippen LogP contribution is 2.31. The first-order valence-electron chi connectivity index (χ1n) is 8.71.